The summed E-state index contributed by atoms with van der Waals surface area (Å²) in [5.41, 5.74) is 3.39. The molecule has 2 aliphatic rings. The molecule has 0 amide bonds. The lowest BCUT2D eigenvalue weighted by molar-refractivity contribution is -0.116. The van der Waals surface area contributed by atoms with Gasteiger partial charge in [-0.1, -0.05) is 13.3 Å². The Kier molecular flexibility index (Phi) is 4.10. The summed E-state index contributed by atoms with van der Waals surface area (Å²) in [6.07, 6.45) is 5.57. The zero-order valence-electron chi connectivity index (χ0n) is 13.5. The molecule has 1 atom stereocenters. The zero-order valence-corrected chi connectivity index (χ0v) is 13.5. The molecular formula is C18H23NO3. The molecule has 0 radical (unpaired) electrons. The first-order valence-electron chi connectivity index (χ1n) is 7.94. The summed E-state index contributed by atoms with van der Waals surface area (Å²) >= 11 is 0. The number of hydrogen-bond donors (Lipinski definition) is 0. The number of carbonyl (C=O) groups is 1. The predicted octanol–water partition coefficient (Wildman–Crippen LogP) is 3.04. The van der Waals surface area contributed by atoms with Gasteiger partial charge in [0.2, 0.25) is 0 Å². The summed E-state index contributed by atoms with van der Waals surface area (Å²) in [5, 5.41) is 0. The van der Waals surface area contributed by atoms with Crippen molar-refractivity contribution in [1.29, 1.82) is 0 Å². The summed E-state index contributed by atoms with van der Waals surface area (Å²) in [6.45, 7) is 3.14. The van der Waals surface area contributed by atoms with E-state index in [4.69, 9.17) is 9.47 Å². The Balaban J connectivity index is 2.06. The van der Waals surface area contributed by atoms with Crippen LogP contribution in [0.5, 0.6) is 11.5 Å². The van der Waals surface area contributed by atoms with Gasteiger partial charge in [-0.2, -0.15) is 0 Å². The second-order valence-corrected chi connectivity index (χ2v) is 5.95. The van der Waals surface area contributed by atoms with E-state index in [9.17, 15) is 4.79 Å². The average Bonchev–Trinajstić information content (AvgIpc) is 2.53. The smallest absolute Gasteiger partial charge is 0.161 e. The van der Waals surface area contributed by atoms with Crippen molar-refractivity contribution in [2.24, 2.45) is 0 Å². The molecule has 1 aromatic rings. The van der Waals surface area contributed by atoms with Crippen LogP contribution < -0.4 is 9.47 Å². The highest BCUT2D eigenvalue weighted by Gasteiger charge is 2.32. The van der Waals surface area contributed by atoms with Gasteiger partial charge in [-0.25, -0.2) is 0 Å². The molecule has 2 heterocycles. The van der Waals surface area contributed by atoms with Crippen LogP contribution in [0.1, 0.15) is 37.3 Å². The number of allylic oxidation sites excluding steroid dienone is 1. The summed E-state index contributed by atoms with van der Waals surface area (Å²) < 4.78 is 10.8. The Morgan fingerprint density at radius 2 is 1.95 bits per heavy atom. The maximum atomic E-state index is 12.1. The Bertz CT molecular complexity index is 621. The number of methoxy groups -OCH3 is 2. The summed E-state index contributed by atoms with van der Waals surface area (Å²) in [7, 11) is 3.30. The molecule has 0 bridgehead atoms. The number of ether oxygens (including phenoxy) is 2. The number of carbonyl (C=O) groups excluding carboxylic acids is 1. The molecule has 22 heavy (non-hydrogen) atoms. The van der Waals surface area contributed by atoms with E-state index in [0.29, 0.717) is 18.2 Å². The largest absolute Gasteiger partial charge is 0.493 e. The van der Waals surface area contributed by atoms with Gasteiger partial charge < -0.3 is 14.4 Å². The molecule has 0 N–H and O–H groups in total. The molecule has 0 saturated carbocycles. The van der Waals surface area contributed by atoms with Crippen molar-refractivity contribution in [3.05, 3.63) is 29.3 Å². The van der Waals surface area contributed by atoms with Gasteiger partial charge in [0.15, 0.2) is 17.3 Å². The molecule has 0 aromatic heterocycles. The summed E-state index contributed by atoms with van der Waals surface area (Å²) in [6, 6.07) is 4.38. The Hall–Kier alpha value is -1.97. The molecule has 3 rings (SSSR count). The van der Waals surface area contributed by atoms with Crippen LogP contribution in [0.3, 0.4) is 0 Å². The van der Waals surface area contributed by atoms with Crippen LogP contribution in [-0.4, -0.2) is 37.5 Å². The minimum absolute atomic E-state index is 0.229. The molecular weight excluding hydrogens is 278 g/mol. The van der Waals surface area contributed by atoms with E-state index in [2.05, 4.69) is 11.8 Å². The number of nitrogens with zero attached hydrogens (tertiary/aromatic N) is 1. The maximum absolute atomic E-state index is 12.1. The highest BCUT2D eigenvalue weighted by atomic mass is 16.5. The van der Waals surface area contributed by atoms with Crippen molar-refractivity contribution in [3.8, 4) is 11.5 Å². The quantitative estimate of drug-likeness (QED) is 0.857. The molecule has 2 aliphatic heterocycles. The fourth-order valence-corrected chi connectivity index (χ4v) is 3.57. The van der Waals surface area contributed by atoms with E-state index in [1.807, 2.05) is 12.1 Å². The Morgan fingerprint density at radius 3 is 2.64 bits per heavy atom. The van der Waals surface area contributed by atoms with E-state index < -0.39 is 0 Å². The third-order valence-electron chi connectivity index (χ3n) is 4.61. The normalized spacial score (nSPS) is 20.1. The lowest BCUT2D eigenvalue weighted by Crippen LogP contribution is -2.42. The van der Waals surface area contributed by atoms with Crippen molar-refractivity contribution in [3.63, 3.8) is 0 Å². The van der Waals surface area contributed by atoms with Crippen molar-refractivity contribution in [2.75, 3.05) is 20.8 Å². The number of fused-ring (bicyclic) bond motifs is 3. The number of rotatable bonds is 4. The average molecular weight is 301 g/mol. The summed E-state index contributed by atoms with van der Waals surface area (Å²) in [4.78, 5) is 14.5. The van der Waals surface area contributed by atoms with Gasteiger partial charge in [-0.15, -0.1) is 0 Å². The van der Waals surface area contributed by atoms with Crippen LogP contribution in [0.25, 0.3) is 5.70 Å². The van der Waals surface area contributed by atoms with E-state index in [1.54, 1.807) is 20.3 Å². The van der Waals surface area contributed by atoms with Gasteiger partial charge in [0.05, 0.1) is 14.2 Å². The van der Waals surface area contributed by atoms with E-state index in [0.717, 1.165) is 42.8 Å². The third kappa shape index (κ3) is 2.47. The molecule has 118 valence electrons. The van der Waals surface area contributed by atoms with Crippen LogP contribution >= 0.6 is 0 Å². The first-order chi connectivity index (χ1) is 10.7. The minimum atomic E-state index is 0.229. The Labute approximate surface area is 131 Å². The fourth-order valence-electron chi connectivity index (χ4n) is 3.57. The molecule has 4 heteroatoms. The topological polar surface area (TPSA) is 38.8 Å². The molecule has 1 aromatic carbocycles. The Morgan fingerprint density at radius 1 is 1.23 bits per heavy atom. The highest BCUT2D eigenvalue weighted by Crippen LogP contribution is 2.40. The van der Waals surface area contributed by atoms with Gasteiger partial charge in [0.25, 0.3) is 0 Å². The van der Waals surface area contributed by atoms with E-state index in [-0.39, 0.29) is 5.78 Å². The van der Waals surface area contributed by atoms with Crippen molar-refractivity contribution < 1.29 is 14.3 Å². The number of benzene rings is 1. The maximum Gasteiger partial charge on any atom is 0.161 e. The zero-order chi connectivity index (χ0) is 15.7. The van der Waals surface area contributed by atoms with E-state index >= 15 is 0 Å². The van der Waals surface area contributed by atoms with Gasteiger partial charge in [0, 0.05) is 36.3 Å². The molecule has 0 aliphatic carbocycles. The van der Waals surface area contributed by atoms with Gasteiger partial charge >= 0.3 is 0 Å². The third-order valence-corrected chi connectivity index (χ3v) is 4.61. The standard InChI is InChI=1S/C18H23NO3/c1-4-5-13-9-14(20)10-16-15-11-18(22-3)17(21-2)8-12(15)6-7-19(13)16/h8,10-11,13H,4-7,9H2,1-3H3. The lowest BCUT2D eigenvalue weighted by Gasteiger charge is -2.41. The van der Waals surface area contributed by atoms with Crippen molar-refractivity contribution in [2.45, 2.75) is 38.6 Å². The minimum Gasteiger partial charge on any atom is -0.493 e. The molecule has 0 spiro atoms. The highest BCUT2D eigenvalue weighted by molar-refractivity contribution is 5.99. The fraction of sp³-hybridized carbons (Fsp3) is 0.500. The molecule has 4 nitrogen and oxygen atoms in total. The van der Waals surface area contributed by atoms with Crippen molar-refractivity contribution >= 4 is 11.5 Å². The molecule has 0 saturated heterocycles. The number of hydrogen-bond acceptors (Lipinski definition) is 4. The lowest BCUT2D eigenvalue weighted by atomic mass is 9.88. The van der Waals surface area contributed by atoms with Gasteiger partial charge in [-0.3, -0.25) is 4.79 Å². The molecule has 0 fully saturated rings. The second kappa shape index (κ2) is 6.03. The first-order valence-corrected chi connectivity index (χ1v) is 7.94. The van der Waals surface area contributed by atoms with Gasteiger partial charge in [0.1, 0.15) is 0 Å². The van der Waals surface area contributed by atoms with Crippen LogP contribution in [0, 0.1) is 0 Å². The molecule has 1 unspecified atom stereocenters. The van der Waals surface area contributed by atoms with Crippen LogP contribution in [-0.2, 0) is 11.2 Å². The van der Waals surface area contributed by atoms with Crippen LogP contribution in [0.2, 0.25) is 0 Å². The summed E-state index contributed by atoms with van der Waals surface area (Å²) in [5.74, 6) is 1.70. The number of ketones is 1. The van der Waals surface area contributed by atoms with Gasteiger partial charge in [-0.05, 0) is 30.5 Å². The van der Waals surface area contributed by atoms with E-state index in [1.165, 1.54) is 5.56 Å². The predicted molar refractivity (Wildman–Crippen MR) is 86.3 cm³/mol. The first kappa shape index (κ1) is 14.9. The van der Waals surface area contributed by atoms with Crippen LogP contribution in [0.4, 0.5) is 0 Å². The van der Waals surface area contributed by atoms with Crippen LogP contribution in [0.15, 0.2) is 18.2 Å². The SMILES string of the molecule is CCCC1CC(=O)C=C2c3cc(OC)c(OC)cc3CCN21. The second-order valence-electron chi connectivity index (χ2n) is 5.95. The van der Waals surface area contributed by atoms with Crippen molar-refractivity contribution in [1.82, 2.24) is 4.90 Å². The monoisotopic (exact) mass is 301 g/mol.